The lowest BCUT2D eigenvalue weighted by atomic mass is 10.0. The van der Waals surface area contributed by atoms with Gasteiger partial charge in [0, 0.05) is 5.54 Å². The summed E-state index contributed by atoms with van der Waals surface area (Å²) in [6, 6.07) is 3.41. The topological polar surface area (TPSA) is 42.2 Å². The summed E-state index contributed by atoms with van der Waals surface area (Å²) in [6.45, 7) is 2.09. The van der Waals surface area contributed by atoms with E-state index in [0.29, 0.717) is 10.4 Å². The van der Waals surface area contributed by atoms with Crippen molar-refractivity contribution in [3.63, 3.8) is 0 Å². The van der Waals surface area contributed by atoms with E-state index in [1.165, 1.54) is 12.8 Å². The van der Waals surface area contributed by atoms with Crippen LogP contribution >= 0.6 is 15.9 Å². The van der Waals surface area contributed by atoms with Gasteiger partial charge in [-0.15, -0.1) is 0 Å². The van der Waals surface area contributed by atoms with E-state index < -0.39 is 0 Å². The average molecular weight is 272 g/mol. The molecule has 1 aliphatic carbocycles. The van der Waals surface area contributed by atoms with Crippen LogP contribution in [0.15, 0.2) is 21.2 Å². The molecule has 15 heavy (non-hydrogen) atoms. The molecule has 0 bridgehead atoms. The molecule has 1 fully saturated rings. The molecule has 0 unspecified atom stereocenters. The van der Waals surface area contributed by atoms with Gasteiger partial charge in [-0.1, -0.05) is 12.8 Å². The second kappa shape index (κ2) is 4.00. The Morgan fingerprint density at radius 1 is 1.47 bits per heavy atom. The van der Waals surface area contributed by atoms with Crippen LogP contribution in [0.3, 0.4) is 0 Å². The van der Waals surface area contributed by atoms with Crippen LogP contribution in [0.4, 0.5) is 0 Å². The van der Waals surface area contributed by atoms with Crippen molar-refractivity contribution in [2.45, 2.75) is 38.1 Å². The Balaban J connectivity index is 2.03. The lowest BCUT2D eigenvalue weighted by Gasteiger charge is -2.24. The van der Waals surface area contributed by atoms with Crippen LogP contribution in [0.5, 0.6) is 0 Å². The first-order valence-electron chi connectivity index (χ1n) is 5.17. The zero-order chi connectivity index (χ0) is 10.9. The van der Waals surface area contributed by atoms with E-state index in [2.05, 4.69) is 28.2 Å². The van der Waals surface area contributed by atoms with Gasteiger partial charge < -0.3 is 9.73 Å². The summed E-state index contributed by atoms with van der Waals surface area (Å²) in [5.74, 6) is 0.250. The zero-order valence-electron chi connectivity index (χ0n) is 8.68. The summed E-state index contributed by atoms with van der Waals surface area (Å²) < 4.78 is 5.79. The monoisotopic (exact) mass is 271 g/mol. The van der Waals surface area contributed by atoms with Gasteiger partial charge in [0.2, 0.25) is 0 Å². The molecule has 0 radical (unpaired) electrons. The summed E-state index contributed by atoms with van der Waals surface area (Å²) in [5, 5.41) is 3.03. The first kappa shape index (κ1) is 10.7. The van der Waals surface area contributed by atoms with Crippen LogP contribution in [0, 0.1) is 0 Å². The van der Waals surface area contributed by atoms with Crippen molar-refractivity contribution in [1.29, 1.82) is 0 Å². The van der Waals surface area contributed by atoms with Gasteiger partial charge in [0.1, 0.15) is 0 Å². The van der Waals surface area contributed by atoms with E-state index in [1.54, 1.807) is 12.1 Å². The van der Waals surface area contributed by atoms with E-state index in [0.717, 1.165) is 12.8 Å². The van der Waals surface area contributed by atoms with E-state index in [4.69, 9.17) is 4.42 Å². The normalized spacial score (nSPS) is 19.1. The highest BCUT2D eigenvalue weighted by Crippen LogP contribution is 2.29. The lowest BCUT2D eigenvalue weighted by molar-refractivity contribution is 0.0878. The third-order valence-corrected chi connectivity index (χ3v) is 3.35. The minimum Gasteiger partial charge on any atom is -0.444 e. The maximum absolute atomic E-state index is 11.8. The molecule has 0 aromatic carbocycles. The molecule has 82 valence electrons. The molecule has 4 heteroatoms. The number of carbonyl (C=O) groups excluding carboxylic acids is 1. The second-order valence-corrected chi connectivity index (χ2v) is 5.11. The molecule has 1 aromatic rings. The van der Waals surface area contributed by atoms with Crippen LogP contribution in [-0.2, 0) is 0 Å². The van der Waals surface area contributed by atoms with Gasteiger partial charge in [-0.2, -0.15) is 0 Å². The van der Waals surface area contributed by atoms with Crippen LogP contribution in [0.1, 0.15) is 43.2 Å². The number of rotatable bonds is 2. The summed E-state index contributed by atoms with van der Waals surface area (Å²) in [4.78, 5) is 11.8. The number of nitrogens with one attached hydrogen (secondary N) is 1. The lowest BCUT2D eigenvalue weighted by Crippen LogP contribution is -2.43. The fourth-order valence-electron chi connectivity index (χ4n) is 2.05. The molecule has 1 amide bonds. The summed E-state index contributed by atoms with van der Waals surface area (Å²) in [6.07, 6.45) is 4.50. The molecule has 2 rings (SSSR count). The first-order chi connectivity index (χ1) is 7.09. The fraction of sp³-hybridized carbons (Fsp3) is 0.545. The number of amides is 1. The van der Waals surface area contributed by atoms with Crippen molar-refractivity contribution in [3.8, 4) is 0 Å². The Morgan fingerprint density at radius 2 is 2.13 bits per heavy atom. The Labute approximate surface area is 97.4 Å². The molecule has 0 aliphatic heterocycles. The van der Waals surface area contributed by atoms with Crippen LogP contribution in [0.25, 0.3) is 0 Å². The van der Waals surface area contributed by atoms with Crippen molar-refractivity contribution in [1.82, 2.24) is 5.32 Å². The minimum absolute atomic E-state index is 0.0453. The number of carbonyl (C=O) groups is 1. The molecule has 1 aliphatic rings. The van der Waals surface area contributed by atoms with Gasteiger partial charge in [0.05, 0.1) is 0 Å². The third kappa shape index (κ3) is 2.43. The molecule has 1 heterocycles. The van der Waals surface area contributed by atoms with Gasteiger partial charge in [-0.25, -0.2) is 0 Å². The van der Waals surface area contributed by atoms with Gasteiger partial charge >= 0.3 is 0 Å². The van der Waals surface area contributed by atoms with Crippen LogP contribution in [0.2, 0.25) is 0 Å². The Morgan fingerprint density at radius 3 is 2.67 bits per heavy atom. The first-order valence-corrected chi connectivity index (χ1v) is 5.96. The van der Waals surface area contributed by atoms with Crippen molar-refractivity contribution in [2.75, 3.05) is 0 Å². The second-order valence-electron chi connectivity index (χ2n) is 4.33. The maximum Gasteiger partial charge on any atom is 0.287 e. The number of hydrogen-bond donors (Lipinski definition) is 1. The smallest absolute Gasteiger partial charge is 0.287 e. The molecule has 1 aromatic heterocycles. The predicted octanol–water partition coefficient (Wildman–Crippen LogP) is 3.10. The summed E-state index contributed by atoms with van der Waals surface area (Å²) in [7, 11) is 0. The predicted molar refractivity (Wildman–Crippen MR) is 60.7 cm³/mol. The highest BCUT2D eigenvalue weighted by Gasteiger charge is 2.31. The summed E-state index contributed by atoms with van der Waals surface area (Å²) in [5.41, 5.74) is -0.0453. The maximum atomic E-state index is 11.8. The van der Waals surface area contributed by atoms with Crippen LogP contribution in [-0.4, -0.2) is 11.4 Å². The van der Waals surface area contributed by atoms with Gasteiger partial charge in [0.25, 0.3) is 5.91 Å². The molecular weight excluding hydrogens is 258 g/mol. The quantitative estimate of drug-likeness (QED) is 0.898. The standard InChI is InChI=1S/C11H14BrNO2/c1-11(6-2-3-7-11)13-10(14)8-4-5-9(12)15-8/h4-5H,2-3,6-7H2,1H3,(H,13,14). The van der Waals surface area contributed by atoms with Gasteiger partial charge in [0.15, 0.2) is 10.4 Å². The van der Waals surface area contributed by atoms with E-state index in [9.17, 15) is 4.79 Å². The molecule has 1 saturated carbocycles. The van der Waals surface area contributed by atoms with Crippen molar-refractivity contribution in [3.05, 3.63) is 22.6 Å². The van der Waals surface area contributed by atoms with E-state index in [1.807, 2.05) is 0 Å². The summed E-state index contributed by atoms with van der Waals surface area (Å²) >= 11 is 3.18. The third-order valence-electron chi connectivity index (χ3n) is 2.92. The fourth-order valence-corrected chi connectivity index (χ4v) is 2.36. The van der Waals surface area contributed by atoms with E-state index >= 15 is 0 Å². The number of furan rings is 1. The van der Waals surface area contributed by atoms with E-state index in [-0.39, 0.29) is 11.4 Å². The highest BCUT2D eigenvalue weighted by molar-refractivity contribution is 9.10. The molecule has 0 atom stereocenters. The van der Waals surface area contributed by atoms with Crippen molar-refractivity contribution >= 4 is 21.8 Å². The van der Waals surface area contributed by atoms with Crippen molar-refractivity contribution < 1.29 is 9.21 Å². The number of halogens is 1. The minimum atomic E-state index is -0.120. The molecular formula is C11H14BrNO2. The largest absolute Gasteiger partial charge is 0.444 e. The molecule has 1 N–H and O–H groups in total. The molecule has 3 nitrogen and oxygen atoms in total. The van der Waals surface area contributed by atoms with Crippen molar-refractivity contribution in [2.24, 2.45) is 0 Å². The number of hydrogen-bond acceptors (Lipinski definition) is 2. The Hall–Kier alpha value is -0.770. The zero-order valence-corrected chi connectivity index (χ0v) is 10.3. The highest BCUT2D eigenvalue weighted by atomic mass is 79.9. The van der Waals surface area contributed by atoms with Crippen LogP contribution < -0.4 is 5.32 Å². The van der Waals surface area contributed by atoms with Gasteiger partial charge in [-0.05, 0) is 47.8 Å². The molecule has 0 saturated heterocycles. The Bertz CT molecular complexity index is 366. The average Bonchev–Trinajstić information content (AvgIpc) is 2.75. The Kier molecular flexibility index (Phi) is 2.87. The van der Waals surface area contributed by atoms with Gasteiger partial charge in [-0.3, -0.25) is 4.79 Å². The molecule has 0 spiro atoms. The SMILES string of the molecule is CC1(NC(=O)c2ccc(Br)o2)CCCC1.